The second kappa shape index (κ2) is 10.5. The summed E-state index contributed by atoms with van der Waals surface area (Å²) in [7, 11) is 0. The topological polar surface area (TPSA) is 103 Å². The first-order valence-electron chi connectivity index (χ1n) is 11.7. The average Bonchev–Trinajstić information content (AvgIpc) is 3.44. The quantitative estimate of drug-likeness (QED) is 0.520. The molecule has 1 aromatic carbocycles. The number of aryl methyl sites for hydroxylation is 1. The fourth-order valence-electron chi connectivity index (χ4n) is 4.13. The van der Waals surface area contributed by atoms with Crippen LogP contribution >= 0.6 is 0 Å². The monoisotopic (exact) mass is 461 g/mol. The van der Waals surface area contributed by atoms with Gasteiger partial charge in [-0.2, -0.15) is 0 Å². The van der Waals surface area contributed by atoms with Gasteiger partial charge in [0.1, 0.15) is 12.4 Å². The van der Waals surface area contributed by atoms with Gasteiger partial charge in [-0.25, -0.2) is 19.7 Å². The van der Waals surface area contributed by atoms with Crippen LogP contribution in [0.1, 0.15) is 43.0 Å². The Labute approximate surface area is 199 Å². The summed E-state index contributed by atoms with van der Waals surface area (Å²) in [6, 6.07) is 13.0. The van der Waals surface area contributed by atoms with Crippen LogP contribution in [0.3, 0.4) is 0 Å². The number of imidazole rings is 1. The molecular formula is C26H31N5O3. The summed E-state index contributed by atoms with van der Waals surface area (Å²) in [5, 5.41) is 0. The van der Waals surface area contributed by atoms with Crippen molar-refractivity contribution >= 4 is 17.8 Å². The Hall–Kier alpha value is -3.68. The zero-order chi connectivity index (χ0) is 24.1. The van der Waals surface area contributed by atoms with E-state index in [1.165, 1.54) is 4.90 Å². The van der Waals surface area contributed by atoms with Crippen LogP contribution in [-0.4, -0.2) is 44.1 Å². The Bertz CT molecular complexity index is 1110. The minimum atomic E-state index is -0.644. The summed E-state index contributed by atoms with van der Waals surface area (Å²) < 4.78 is 7.31. The highest BCUT2D eigenvalue weighted by Crippen LogP contribution is 2.27. The van der Waals surface area contributed by atoms with Gasteiger partial charge >= 0.3 is 6.09 Å². The number of pyridine rings is 1. The molecule has 2 aromatic heterocycles. The molecule has 2 amide bonds. The molecule has 4 rings (SSSR count). The van der Waals surface area contributed by atoms with E-state index in [4.69, 9.17) is 10.5 Å². The number of rotatable bonds is 9. The largest absolute Gasteiger partial charge is 0.447 e. The first-order valence-corrected chi connectivity index (χ1v) is 11.7. The molecule has 8 nitrogen and oxygen atoms in total. The lowest BCUT2D eigenvalue weighted by Crippen LogP contribution is -2.43. The van der Waals surface area contributed by atoms with Crippen molar-refractivity contribution in [2.45, 2.75) is 51.6 Å². The maximum atomic E-state index is 13.8. The maximum absolute atomic E-state index is 13.8. The first kappa shape index (κ1) is 23.5. The Balaban J connectivity index is 1.60. The number of nitrogens with two attached hydrogens (primary N) is 1. The first-order chi connectivity index (χ1) is 16.4. The number of carbonyl (C=O) groups is 2. The van der Waals surface area contributed by atoms with Crippen LogP contribution in [0.2, 0.25) is 0 Å². The third kappa shape index (κ3) is 5.62. The molecule has 8 heteroatoms. The van der Waals surface area contributed by atoms with Crippen LogP contribution < -0.4 is 5.73 Å². The van der Waals surface area contributed by atoms with Gasteiger partial charge in [0, 0.05) is 18.9 Å². The molecule has 3 heterocycles. The summed E-state index contributed by atoms with van der Waals surface area (Å²) in [5.74, 6) is 0.0156. The van der Waals surface area contributed by atoms with Crippen molar-refractivity contribution in [3.8, 4) is 0 Å². The molecule has 0 unspecified atom stereocenters. The van der Waals surface area contributed by atoms with Crippen molar-refractivity contribution in [1.29, 1.82) is 0 Å². The molecule has 1 aliphatic heterocycles. The maximum Gasteiger partial charge on any atom is 0.417 e. The van der Waals surface area contributed by atoms with Gasteiger partial charge in [-0.05, 0) is 42.4 Å². The minimum Gasteiger partial charge on any atom is -0.447 e. The second-order valence-electron chi connectivity index (χ2n) is 9.20. The van der Waals surface area contributed by atoms with E-state index in [-0.39, 0.29) is 18.6 Å². The molecular weight excluding hydrogens is 430 g/mol. The van der Waals surface area contributed by atoms with E-state index in [9.17, 15) is 9.59 Å². The Morgan fingerprint density at radius 2 is 1.94 bits per heavy atom. The zero-order valence-corrected chi connectivity index (χ0v) is 19.6. The van der Waals surface area contributed by atoms with E-state index in [1.54, 1.807) is 18.6 Å². The van der Waals surface area contributed by atoms with Crippen molar-refractivity contribution in [3.05, 3.63) is 78.0 Å². The van der Waals surface area contributed by atoms with Gasteiger partial charge in [0.15, 0.2) is 0 Å². The molecule has 1 fully saturated rings. The number of carbonyl (C=O) groups excluding carboxylic acids is 2. The molecule has 2 atom stereocenters. The van der Waals surface area contributed by atoms with Crippen LogP contribution in [0, 0.1) is 5.92 Å². The number of aromatic nitrogens is 3. The van der Waals surface area contributed by atoms with Gasteiger partial charge in [-0.15, -0.1) is 0 Å². The Morgan fingerprint density at radius 1 is 1.15 bits per heavy atom. The van der Waals surface area contributed by atoms with Crippen LogP contribution in [0.4, 0.5) is 10.6 Å². The summed E-state index contributed by atoms with van der Waals surface area (Å²) in [4.78, 5) is 36.5. The molecule has 0 spiro atoms. The molecule has 1 saturated heterocycles. The van der Waals surface area contributed by atoms with E-state index >= 15 is 0 Å². The van der Waals surface area contributed by atoms with Gasteiger partial charge in [0.2, 0.25) is 5.91 Å². The number of ether oxygens (including phenoxy) is 1. The average molecular weight is 462 g/mol. The minimum absolute atomic E-state index is 0.179. The number of cyclic esters (lactones) is 1. The van der Waals surface area contributed by atoms with E-state index in [0.29, 0.717) is 30.3 Å². The summed E-state index contributed by atoms with van der Waals surface area (Å²) in [6.45, 7) is 5.34. The molecule has 1 aliphatic rings. The van der Waals surface area contributed by atoms with Gasteiger partial charge in [0.25, 0.3) is 0 Å². The molecule has 0 radical (unpaired) electrons. The van der Waals surface area contributed by atoms with Crippen molar-refractivity contribution in [3.63, 3.8) is 0 Å². The van der Waals surface area contributed by atoms with E-state index < -0.39 is 12.0 Å². The zero-order valence-electron chi connectivity index (χ0n) is 19.6. The van der Waals surface area contributed by atoms with Crippen LogP contribution in [0.25, 0.3) is 0 Å². The van der Waals surface area contributed by atoms with E-state index in [0.717, 1.165) is 24.1 Å². The lowest BCUT2D eigenvalue weighted by atomic mass is 9.95. The Morgan fingerprint density at radius 3 is 2.65 bits per heavy atom. The van der Waals surface area contributed by atoms with Gasteiger partial charge < -0.3 is 15.0 Å². The SMILES string of the molecule is CC(C)CCn1cnc([C@@H](Cc2ccc(N)nc2)C(=O)N2C(=O)OC[C@H]2Cc2ccccc2)c1. The number of imide groups is 1. The number of nitrogen functional groups attached to an aromatic ring is 1. The predicted molar refractivity (Wildman–Crippen MR) is 129 cm³/mol. The number of nitrogens with zero attached hydrogens (tertiary/aromatic N) is 4. The summed E-state index contributed by atoms with van der Waals surface area (Å²) in [6.07, 6.45) is 6.62. The third-order valence-corrected chi connectivity index (χ3v) is 6.07. The number of benzene rings is 1. The standard InChI is InChI=1S/C26H31N5O3/c1-18(2)10-11-30-15-23(29-17-30)22(13-20-8-9-24(27)28-14-20)25(32)31-21(16-34-26(31)33)12-19-6-4-3-5-7-19/h3-9,14-15,17-18,21-22H,10-13,16H2,1-2H3,(H2,27,28)/t21-,22-/m1/s1. The molecule has 3 aromatic rings. The molecule has 0 saturated carbocycles. The van der Waals surface area contributed by atoms with Gasteiger partial charge in [-0.3, -0.25) is 4.79 Å². The normalized spacial score (nSPS) is 16.6. The van der Waals surface area contributed by atoms with Crippen LogP contribution in [0.5, 0.6) is 0 Å². The van der Waals surface area contributed by atoms with Gasteiger partial charge in [-0.1, -0.05) is 50.2 Å². The van der Waals surface area contributed by atoms with Crippen molar-refractivity contribution in [2.75, 3.05) is 12.3 Å². The number of amides is 2. The van der Waals surface area contributed by atoms with E-state index in [1.807, 2.05) is 47.2 Å². The Kier molecular flexibility index (Phi) is 7.25. The predicted octanol–water partition coefficient (Wildman–Crippen LogP) is 3.82. The van der Waals surface area contributed by atoms with Crippen molar-refractivity contribution in [1.82, 2.24) is 19.4 Å². The van der Waals surface area contributed by atoms with Gasteiger partial charge in [0.05, 0.1) is 24.0 Å². The summed E-state index contributed by atoms with van der Waals surface area (Å²) >= 11 is 0. The third-order valence-electron chi connectivity index (χ3n) is 6.07. The molecule has 0 aliphatic carbocycles. The summed E-state index contributed by atoms with van der Waals surface area (Å²) in [5.41, 5.74) is 8.25. The smallest absolute Gasteiger partial charge is 0.417 e. The number of hydrogen-bond acceptors (Lipinski definition) is 6. The fourth-order valence-corrected chi connectivity index (χ4v) is 4.13. The highest BCUT2D eigenvalue weighted by Gasteiger charge is 2.41. The highest BCUT2D eigenvalue weighted by molar-refractivity contribution is 5.97. The van der Waals surface area contributed by atoms with Crippen LogP contribution in [0.15, 0.2) is 61.2 Å². The molecule has 2 N–H and O–H groups in total. The highest BCUT2D eigenvalue weighted by atomic mass is 16.6. The molecule has 0 bridgehead atoms. The van der Waals surface area contributed by atoms with E-state index in [2.05, 4.69) is 23.8 Å². The molecule has 34 heavy (non-hydrogen) atoms. The fraction of sp³-hybridized carbons (Fsp3) is 0.385. The van der Waals surface area contributed by atoms with Crippen LogP contribution in [-0.2, 0) is 28.9 Å². The number of hydrogen-bond donors (Lipinski definition) is 1. The van der Waals surface area contributed by atoms with Crippen molar-refractivity contribution in [2.24, 2.45) is 5.92 Å². The number of anilines is 1. The second-order valence-corrected chi connectivity index (χ2v) is 9.20. The molecule has 178 valence electrons. The lowest BCUT2D eigenvalue weighted by molar-refractivity contribution is -0.130. The lowest BCUT2D eigenvalue weighted by Gasteiger charge is -2.24. The van der Waals surface area contributed by atoms with Crippen molar-refractivity contribution < 1.29 is 14.3 Å².